The van der Waals surface area contributed by atoms with Gasteiger partial charge in [-0.1, -0.05) is 41.6 Å². The third-order valence-electron chi connectivity index (χ3n) is 5.23. The molecule has 0 aliphatic carbocycles. The van der Waals surface area contributed by atoms with Gasteiger partial charge in [0.2, 0.25) is 0 Å². The van der Waals surface area contributed by atoms with Gasteiger partial charge >= 0.3 is 0 Å². The van der Waals surface area contributed by atoms with Crippen LogP contribution in [0.1, 0.15) is 5.56 Å². The van der Waals surface area contributed by atoms with Crippen LogP contribution in [-0.2, 0) is 21.1 Å². The summed E-state index contributed by atoms with van der Waals surface area (Å²) in [7, 11) is 0.816. The van der Waals surface area contributed by atoms with Crippen molar-refractivity contribution in [1.82, 2.24) is 0 Å². The Morgan fingerprint density at radius 1 is 1.17 bits per heavy atom. The Balaban J connectivity index is 1.64. The standard InChI is InChI=1S/C21H22ClN3O3S2/c1-24(2)15-7-9-16(10-8-15)25-18-12-30(27,28)13-19(18)29-21(25)23-20(26)11-14-5-3-4-6-17(14)22/h3-10,18-19H,11-13H2,1-2H3/t18-,19+/m1/s1. The minimum absolute atomic E-state index is 0.0673. The number of rotatable bonds is 4. The molecule has 0 N–H and O–H groups in total. The number of amides is 1. The number of carbonyl (C=O) groups is 1. The van der Waals surface area contributed by atoms with Crippen LogP contribution in [0.25, 0.3) is 0 Å². The van der Waals surface area contributed by atoms with Gasteiger partial charge in [-0.05, 0) is 35.9 Å². The number of nitrogens with zero attached hydrogens (tertiary/aromatic N) is 3. The lowest BCUT2D eigenvalue weighted by Crippen LogP contribution is -2.37. The maximum absolute atomic E-state index is 12.7. The summed E-state index contributed by atoms with van der Waals surface area (Å²) in [6, 6.07) is 14.8. The molecule has 0 radical (unpaired) electrons. The van der Waals surface area contributed by atoms with E-state index >= 15 is 0 Å². The molecular formula is C21H22ClN3O3S2. The van der Waals surface area contributed by atoms with Crippen LogP contribution < -0.4 is 9.80 Å². The third-order valence-corrected chi connectivity index (χ3v) is 8.81. The van der Waals surface area contributed by atoms with Gasteiger partial charge in [0.05, 0.1) is 24.0 Å². The first kappa shape index (κ1) is 21.2. The van der Waals surface area contributed by atoms with Gasteiger partial charge in [-0.2, -0.15) is 4.99 Å². The minimum atomic E-state index is -3.10. The topological polar surface area (TPSA) is 70.0 Å². The average molecular weight is 464 g/mol. The van der Waals surface area contributed by atoms with E-state index in [0.29, 0.717) is 10.2 Å². The van der Waals surface area contributed by atoms with Crippen LogP contribution in [-0.4, -0.2) is 56.4 Å². The van der Waals surface area contributed by atoms with Gasteiger partial charge in [0.1, 0.15) is 0 Å². The number of carbonyl (C=O) groups excluding carboxylic acids is 1. The van der Waals surface area contributed by atoms with Gasteiger partial charge in [0.15, 0.2) is 15.0 Å². The maximum atomic E-state index is 12.7. The van der Waals surface area contributed by atoms with E-state index in [9.17, 15) is 13.2 Å². The molecule has 2 aliphatic heterocycles. The van der Waals surface area contributed by atoms with E-state index in [0.717, 1.165) is 16.9 Å². The first-order valence-corrected chi connectivity index (χ1v) is 12.6. The van der Waals surface area contributed by atoms with E-state index < -0.39 is 9.84 Å². The number of benzene rings is 2. The Morgan fingerprint density at radius 2 is 1.87 bits per heavy atom. The summed E-state index contributed by atoms with van der Waals surface area (Å²) in [6.45, 7) is 0. The van der Waals surface area contributed by atoms with Crippen molar-refractivity contribution in [2.75, 3.05) is 35.4 Å². The van der Waals surface area contributed by atoms with Crippen LogP contribution in [0.2, 0.25) is 5.02 Å². The second-order valence-corrected chi connectivity index (χ2v) is 11.4. The Hall–Kier alpha value is -2.03. The lowest BCUT2D eigenvalue weighted by atomic mass is 10.1. The average Bonchev–Trinajstić information content (AvgIpc) is 3.14. The molecule has 0 unspecified atom stereocenters. The number of fused-ring (bicyclic) bond motifs is 1. The second-order valence-electron chi connectivity index (χ2n) is 7.64. The Labute approximate surface area is 185 Å². The summed E-state index contributed by atoms with van der Waals surface area (Å²) in [5.74, 6) is -0.132. The Bertz CT molecular complexity index is 1100. The molecule has 6 nitrogen and oxygen atoms in total. The van der Waals surface area contributed by atoms with Gasteiger partial charge in [-0.15, -0.1) is 0 Å². The number of hydrogen-bond donors (Lipinski definition) is 0. The van der Waals surface area contributed by atoms with Crippen molar-refractivity contribution >= 4 is 55.6 Å². The van der Waals surface area contributed by atoms with Crippen molar-refractivity contribution in [3.05, 3.63) is 59.1 Å². The molecule has 0 aromatic heterocycles. The van der Waals surface area contributed by atoms with Crippen LogP contribution in [0.3, 0.4) is 0 Å². The van der Waals surface area contributed by atoms with Crippen molar-refractivity contribution in [1.29, 1.82) is 0 Å². The van der Waals surface area contributed by atoms with Crippen molar-refractivity contribution < 1.29 is 13.2 Å². The summed E-state index contributed by atoms with van der Waals surface area (Å²) in [5.41, 5.74) is 2.60. The van der Waals surface area contributed by atoms with Crippen molar-refractivity contribution in [2.24, 2.45) is 4.99 Å². The summed E-state index contributed by atoms with van der Waals surface area (Å²) in [4.78, 5) is 20.9. The van der Waals surface area contributed by atoms with E-state index in [4.69, 9.17) is 11.6 Å². The van der Waals surface area contributed by atoms with Crippen LogP contribution in [0.5, 0.6) is 0 Å². The Kier molecular flexibility index (Phi) is 5.83. The fourth-order valence-corrected chi connectivity index (χ4v) is 7.86. The molecule has 158 valence electrons. The van der Waals surface area contributed by atoms with Gasteiger partial charge in [0.25, 0.3) is 5.91 Å². The van der Waals surface area contributed by atoms with Crippen molar-refractivity contribution in [3.63, 3.8) is 0 Å². The number of aliphatic imine (C=N–C) groups is 1. The largest absolute Gasteiger partial charge is 0.378 e. The molecule has 2 aromatic carbocycles. The molecule has 2 saturated heterocycles. The molecule has 0 bridgehead atoms. The van der Waals surface area contributed by atoms with Crippen LogP contribution in [0.4, 0.5) is 11.4 Å². The van der Waals surface area contributed by atoms with E-state index in [1.165, 1.54) is 11.8 Å². The summed E-state index contributed by atoms with van der Waals surface area (Å²) in [5, 5.41) is 0.953. The monoisotopic (exact) mass is 463 g/mol. The number of hydrogen-bond acceptors (Lipinski definition) is 5. The lowest BCUT2D eigenvalue weighted by molar-refractivity contribution is -0.117. The molecule has 4 rings (SSSR count). The SMILES string of the molecule is CN(C)c1ccc(N2C(=NC(=O)Cc3ccccc3Cl)S[C@H]3CS(=O)(=O)C[C@H]32)cc1. The fraction of sp³-hybridized carbons (Fsp3) is 0.333. The zero-order valence-electron chi connectivity index (χ0n) is 16.7. The number of sulfone groups is 1. The van der Waals surface area contributed by atoms with E-state index in [-0.39, 0.29) is 35.1 Å². The molecule has 30 heavy (non-hydrogen) atoms. The lowest BCUT2D eigenvalue weighted by Gasteiger charge is -2.25. The van der Waals surface area contributed by atoms with E-state index in [1.54, 1.807) is 12.1 Å². The van der Waals surface area contributed by atoms with E-state index in [2.05, 4.69) is 4.99 Å². The molecule has 0 saturated carbocycles. The van der Waals surface area contributed by atoms with Gasteiger partial charge < -0.3 is 9.80 Å². The van der Waals surface area contributed by atoms with Crippen molar-refractivity contribution in [2.45, 2.75) is 17.7 Å². The second kappa shape index (κ2) is 8.24. The molecule has 2 heterocycles. The van der Waals surface area contributed by atoms with Crippen LogP contribution in [0.15, 0.2) is 53.5 Å². The smallest absolute Gasteiger partial charge is 0.252 e. The molecule has 2 aromatic rings. The molecule has 2 fully saturated rings. The van der Waals surface area contributed by atoms with Gasteiger partial charge in [0, 0.05) is 35.7 Å². The zero-order chi connectivity index (χ0) is 21.5. The Morgan fingerprint density at radius 3 is 2.53 bits per heavy atom. The van der Waals surface area contributed by atoms with Crippen molar-refractivity contribution in [3.8, 4) is 0 Å². The highest BCUT2D eigenvalue weighted by molar-refractivity contribution is 8.16. The normalized spacial score (nSPS) is 23.6. The zero-order valence-corrected chi connectivity index (χ0v) is 19.0. The van der Waals surface area contributed by atoms with Gasteiger partial charge in [-0.3, -0.25) is 4.79 Å². The predicted octanol–water partition coefficient (Wildman–Crippen LogP) is 3.25. The first-order chi connectivity index (χ1) is 14.2. The first-order valence-electron chi connectivity index (χ1n) is 9.52. The summed E-state index contributed by atoms with van der Waals surface area (Å²) >= 11 is 7.54. The summed E-state index contributed by atoms with van der Waals surface area (Å²) < 4.78 is 24.4. The number of amidine groups is 1. The molecular weight excluding hydrogens is 442 g/mol. The predicted molar refractivity (Wildman–Crippen MR) is 125 cm³/mol. The third kappa shape index (κ3) is 4.36. The molecule has 2 atom stereocenters. The molecule has 1 amide bonds. The molecule has 9 heteroatoms. The van der Waals surface area contributed by atoms with E-state index in [1.807, 2.05) is 60.3 Å². The number of halogens is 1. The highest BCUT2D eigenvalue weighted by Crippen LogP contribution is 2.41. The molecule has 0 spiro atoms. The number of anilines is 2. The summed E-state index contributed by atoms with van der Waals surface area (Å²) in [6.07, 6.45) is 0.102. The van der Waals surface area contributed by atoms with Crippen LogP contribution in [0, 0.1) is 0 Å². The fourth-order valence-electron chi connectivity index (χ4n) is 3.73. The highest BCUT2D eigenvalue weighted by Gasteiger charge is 2.49. The maximum Gasteiger partial charge on any atom is 0.252 e. The highest BCUT2D eigenvalue weighted by atomic mass is 35.5. The minimum Gasteiger partial charge on any atom is -0.378 e. The van der Waals surface area contributed by atoms with Crippen LogP contribution >= 0.6 is 23.4 Å². The van der Waals surface area contributed by atoms with Gasteiger partial charge in [-0.25, -0.2) is 8.42 Å². The quantitative estimate of drug-likeness (QED) is 0.693. The molecule has 2 aliphatic rings. The number of thioether (sulfide) groups is 1.